The molecule has 0 saturated carbocycles. The number of aromatic hydroxyl groups is 1. The standard InChI is InChI=1S/C23H34O2/c1-16(2)6-7-19-13-17(5-4-12-24)14-22-21-9-8-20(25)15-18(21)10-11-23(19,22)3/h8-9,13,15-16,19,22,24-25H,4-7,10-12,14H2,1-3H3. The first kappa shape index (κ1) is 18.5. The molecule has 0 aromatic heterocycles. The summed E-state index contributed by atoms with van der Waals surface area (Å²) >= 11 is 0. The Labute approximate surface area is 153 Å². The van der Waals surface area contributed by atoms with Crippen LogP contribution in [0.2, 0.25) is 0 Å². The monoisotopic (exact) mass is 342 g/mol. The Morgan fingerprint density at radius 3 is 2.80 bits per heavy atom. The van der Waals surface area contributed by atoms with Crippen LogP contribution in [0.1, 0.15) is 76.3 Å². The van der Waals surface area contributed by atoms with Gasteiger partial charge in [0, 0.05) is 6.61 Å². The molecule has 1 aromatic rings. The average Bonchev–Trinajstić information content (AvgIpc) is 2.58. The third-order valence-corrected chi connectivity index (χ3v) is 6.69. The second kappa shape index (κ2) is 7.53. The molecule has 0 amide bonds. The number of aryl methyl sites for hydroxylation is 1. The third kappa shape index (κ3) is 3.79. The lowest BCUT2D eigenvalue weighted by molar-refractivity contribution is 0.118. The van der Waals surface area contributed by atoms with Gasteiger partial charge in [-0.15, -0.1) is 0 Å². The predicted molar refractivity (Wildman–Crippen MR) is 104 cm³/mol. The highest BCUT2D eigenvalue weighted by Gasteiger charge is 2.46. The summed E-state index contributed by atoms with van der Waals surface area (Å²) in [7, 11) is 0. The normalized spacial score (nSPS) is 28.4. The van der Waals surface area contributed by atoms with E-state index < -0.39 is 0 Å². The molecule has 138 valence electrons. The van der Waals surface area contributed by atoms with Gasteiger partial charge in [0.05, 0.1) is 0 Å². The molecule has 1 aromatic carbocycles. The molecule has 25 heavy (non-hydrogen) atoms. The molecule has 0 saturated heterocycles. The van der Waals surface area contributed by atoms with Crippen molar-refractivity contribution in [2.45, 2.75) is 71.6 Å². The number of phenols is 1. The number of hydrogen-bond acceptors (Lipinski definition) is 2. The van der Waals surface area contributed by atoms with Crippen LogP contribution in [-0.4, -0.2) is 16.8 Å². The third-order valence-electron chi connectivity index (χ3n) is 6.69. The van der Waals surface area contributed by atoms with E-state index >= 15 is 0 Å². The Morgan fingerprint density at radius 2 is 2.08 bits per heavy atom. The van der Waals surface area contributed by atoms with Gasteiger partial charge >= 0.3 is 0 Å². The fraction of sp³-hybridized carbons (Fsp3) is 0.652. The van der Waals surface area contributed by atoms with Crippen molar-refractivity contribution < 1.29 is 10.2 Å². The fourth-order valence-electron chi connectivity index (χ4n) is 5.09. The van der Waals surface area contributed by atoms with Crippen LogP contribution in [0.5, 0.6) is 5.75 Å². The second-order valence-corrected chi connectivity index (χ2v) is 8.88. The Bertz CT molecular complexity index is 631. The summed E-state index contributed by atoms with van der Waals surface area (Å²) in [6.07, 6.45) is 10.4. The zero-order valence-electron chi connectivity index (χ0n) is 16.1. The molecule has 3 rings (SSSR count). The number of rotatable bonds is 6. The molecule has 2 aliphatic carbocycles. The molecule has 0 aliphatic heterocycles. The molecular weight excluding hydrogens is 308 g/mol. The van der Waals surface area contributed by atoms with Gasteiger partial charge in [-0.1, -0.05) is 44.9 Å². The van der Waals surface area contributed by atoms with Gasteiger partial charge < -0.3 is 10.2 Å². The molecule has 0 spiro atoms. The minimum absolute atomic E-state index is 0.278. The second-order valence-electron chi connectivity index (χ2n) is 8.88. The molecule has 0 bridgehead atoms. The summed E-state index contributed by atoms with van der Waals surface area (Å²) in [5, 5.41) is 19.1. The molecule has 2 N–H and O–H groups in total. The van der Waals surface area contributed by atoms with Gasteiger partial charge in [-0.25, -0.2) is 0 Å². The summed E-state index contributed by atoms with van der Waals surface area (Å²) in [5.41, 5.74) is 4.65. The van der Waals surface area contributed by atoms with Gasteiger partial charge in [-0.3, -0.25) is 0 Å². The highest BCUT2D eigenvalue weighted by molar-refractivity contribution is 5.42. The van der Waals surface area contributed by atoms with E-state index in [1.807, 2.05) is 12.1 Å². The number of fused-ring (bicyclic) bond motifs is 3. The highest BCUT2D eigenvalue weighted by Crippen LogP contribution is 2.57. The molecule has 2 nitrogen and oxygen atoms in total. The Kier molecular flexibility index (Phi) is 5.58. The lowest BCUT2D eigenvalue weighted by Gasteiger charge is -2.50. The van der Waals surface area contributed by atoms with Gasteiger partial charge in [0.15, 0.2) is 0 Å². The quantitative estimate of drug-likeness (QED) is 0.662. The summed E-state index contributed by atoms with van der Waals surface area (Å²) in [4.78, 5) is 0. The first-order valence-corrected chi connectivity index (χ1v) is 10.1. The van der Waals surface area contributed by atoms with Gasteiger partial charge in [0.2, 0.25) is 0 Å². The van der Waals surface area contributed by atoms with Crippen molar-refractivity contribution >= 4 is 0 Å². The van der Waals surface area contributed by atoms with E-state index in [2.05, 4.69) is 32.9 Å². The summed E-state index contributed by atoms with van der Waals surface area (Å²) < 4.78 is 0. The van der Waals surface area contributed by atoms with Crippen LogP contribution in [0.25, 0.3) is 0 Å². The van der Waals surface area contributed by atoms with Crippen LogP contribution in [0, 0.1) is 17.3 Å². The molecule has 0 radical (unpaired) electrons. The maximum Gasteiger partial charge on any atom is 0.115 e. The van der Waals surface area contributed by atoms with Crippen molar-refractivity contribution in [2.75, 3.05) is 6.61 Å². The number of aliphatic hydroxyl groups is 1. The van der Waals surface area contributed by atoms with Gasteiger partial charge in [0.1, 0.15) is 5.75 Å². The first-order chi connectivity index (χ1) is 11.9. The van der Waals surface area contributed by atoms with Crippen LogP contribution < -0.4 is 0 Å². The van der Waals surface area contributed by atoms with Crippen LogP contribution in [0.3, 0.4) is 0 Å². The van der Waals surface area contributed by atoms with Crippen molar-refractivity contribution in [1.82, 2.24) is 0 Å². The fourth-order valence-corrected chi connectivity index (χ4v) is 5.09. The zero-order valence-corrected chi connectivity index (χ0v) is 16.1. The number of aliphatic hydroxyl groups excluding tert-OH is 1. The van der Waals surface area contributed by atoms with Crippen molar-refractivity contribution in [3.63, 3.8) is 0 Å². The van der Waals surface area contributed by atoms with Gasteiger partial charge in [-0.05, 0) is 85.0 Å². The number of benzene rings is 1. The summed E-state index contributed by atoms with van der Waals surface area (Å²) in [6, 6.07) is 6.00. The van der Waals surface area contributed by atoms with Gasteiger partial charge in [0.25, 0.3) is 0 Å². The molecule has 2 heteroatoms. The van der Waals surface area contributed by atoms with Crippen LogP contribution in [0.4, 0.5) is 0 Å². The molecule has 0 fully saturated rings. The van der Waals surface area contributed by atoms with E-state index in [4.69, 9.17) is 0 Å². The lowest BCUT2D eigenvalue weighted by Crippen LogP contribution is -2.40. The SMILES string of the molecule is CC(C)CCC1C=C(CCCO)CC2c3ccc(O)cc3CCC12C. The molecule has 3 atom stereocenters. The van der Waals surface area contributed by atoms with E-state index in [9.17, 15) is 10.2 Å². The average molecular weight is 343 g/mol. The van der Waals surface area contributed by atoms with Crippen LogP contribution >= 0.6 is 0 Å². The smallest absolute Gasteiger partial charge is 0.115 e. The minimum atomic E-state index is 0.278. The Balaban J connectivity index is 1.94. The molecular formula is C23H34O2. The van der Waals surface area contributed by atoms with Crippen LogP contribution in [0.15, 0.2) is 29.8 Å². The van der Waals surface area contributed by atoms with Crippen LogP contribution in [-0.2, 0) is 6.42 Å². The predicted octanol–water partition coefficient (Wildman–Crippen LogP) is 5.58. The highest BCUT2D eigenvalue weighted by atomic mass is 16.3. The lowest BCUT2D eigenvalue weighted by atomic mass is 9.54. The molecule has 0 heterocycles. The van der Waals surface area contributed by atoms with Gasteiger partial charge in [-0.2, -0.15) is 0 Å². The number of phenolic OH excluding ortho intramolecular Hbond substituents is 1. The zero-order chi connectivity index (χ0) is 18.0. The van der Waals surface area contributed by atoms with E-state index in [0.29, 0.717) is 23.0 Å². The topological polar surface area (TPSA) is 40.5 Å². The Hall–Kier alpha value is -1.28. The van der Waals surface area contributed by atoms with Crippen molar-refractivity contribution in [3.8, 4) is 5.75 Å². The largest absolute Gasteiger partial charge is 0.508 e. The van der Waals surface area contributed by atoms with E-state index in [0.717, 1.165) is 31.6 Å². The van der Waals surface area contributed by atoms with Crippen molar-refractivity contribution in [2.24, 2.45) is 17.3 Å². The summed E-state index contributed by atoms with van der Waals surface area (Å²) in [6.45, 7) is 7.41. The molecule has 3 unspecified atom stereocenters. The maximum atomic E-state index is 9.87. The number of allylic oxidation sites excluding steroid dienone is 2. The first-order valence-electron chi connectivity index (χ1n) is 10.1. The summed E-state index contributed by atoms with van der Waals surface area (Å²) in [5.74, 6) is 2.31. The Morgan fingerprint density at radius 1 is 1.28 bits per heavy atom. The van der Waals surface area contributed by atoms with E-state index in [-0.39, 0.29) is 6.61 Å². The van der Waals surface area contributed by atoms with Crippen molar-refractivity contribution in [1.29, 1.82) is 0 Å². The maximum absolute atomic E-state index is 9.87. The van der Waals surface area contributed by atoms with E-state index in [1.54, 1.807) is 0 Å². The van der Waals surface area contributed by atoms with Crippen molar-refractivity contribution in [3.05, 3.63) is 41.0 Å². The number of hydrogen-bond donors (Lipinski definition) is 2. The molecule has 2 aliphatic rings. The minimum Gasteiger partial charge on any atom is -0.508 e. The van der Waals surface area contributed by atoms with E-state index in [1.165, 1.54) is 36.0 Å².